The van der Waals surface area contributed by atoms with E-state index in [1.807, 2.05) is 0 Å². The molecule has 0 bridgehead atoms. The average Bonchev–Trinajstić information content (AvgIpc) is 3.01. The number of nitrogens with zero attached hydrogens (tertiary/aromatic N) is 2. The van der Waals surface area contributed by atoms with E-state index in [0.29, 0.717) is 21.8 Å². The van der Waals surface area contributed by atoms with Crippen LogP contribution in [0.15, 0.2) is 42.5 Å². The van der Waals surface area contributed by atoms with E-state index in [9.17, 15) is 18.0 Å². The second-order valence-corrected chi connectivity index (χ2v) is 6.57. The molecule has 0 atom stereocenters. The number of nitrogens with one attached hydrogen (secondary N) is 1. The fourth-order valence-electron chi connectivity index (χ4n) is 2.28. The number of carbonyl (C=O) groups excluding carboxylic acids is 1. The first kappa shape index (κ1) is 18.3. The highest BCUT2D eigenvalue weighted by molar-refractivity contribution is 7.08. The number of hydrogen-bond donors (Lipinski definition) is 1. The van der Waals surface area contributed by atoms with Crippen LogP contribution in [0.25, 0.3) is 11.1 Å². The summed E-state index contributed by atoms with van der Waals surface area (Å²) in [5.74, 6) is -0.345. The van der Waals surface area contributed by atoms with Crippen molar-refractivity contribution in [3.63, 3.8) is 0 Å². The largest absolute Gasteiger partial charge is 0.416 e. The van der Waals surface area contributed by atoms with E-state index < -0.39 is 11.7 Å². The van der Waals surface area contributed by atoms with E-state index in [4.69, 9.17) is 11.6 Å². The Balaban J connectivity index is 1.84. The summed E-state index contributed by atoms with van der Waals surface area (Å²) in [6.45, 7) is 1.68. The number of hydrogen-bond acceptors (Lipinski definition) is 4. The van der Waals surface area contributed by atoms with Crippen LogP contribution in [0, 0.1) is 6.92 Å². The standard InChI is InChI=1S/C17H11ClF3N3OS/c1-9-15(26-24-23-9)16(25)22-12-5-2-10(3-6-12)13-8-11(17(19,20)21)4-7-14(13)18/h2-8H,1H3,(H,22,25). The summed E-state index contributed by atoms with van der Waals surface area (Å²) in [6.07, 6.45) is -4.45. The summed E-state index contributed by atoms with van der Waals surface area (Å²) in [5, 5.41) is 6.67. The van der Waals surface area contributed by atoms with Crippen LogP contribution in [0.5, 0.6) is 0 Å². The third-order valence-corrected chi connectivity index (χ3v) is 4.76. The predicted octanol–water partition coefficient (Wildman–Crippen LogP) is 5.44. The van der Waals surface area contributed by atoms with Gasteiger partial charge >= 0.3 is 6.18 Å². The number of amides is 1. The zero-order valence-corrected chi connectivity index (χ0v) is 14.8. The van der Waals surface area contributed by atoms with Crippen LogP contribution < -0.4 is 5.32 Å². The lowest BCUT2D eigenvalue weighted by atomic mass is 10.0. The van der Waals surface area contributed by atoms with Crippen LogP contribution in [0.4, 0.5) is 18.9 Å². The first-order valence-corrected chi connectivity index (χ1v) is 8.48. The van der Waals surface area contributed by atoms with Gasteiger partial charge in [-0.25, -0.2) is 0 Å². The van der Waals surface area contributed by atoms with Gasteiger partial charge in [-0.3, -0.25) is 4.79 Å². The van der Waals surface area contributed by atoms with Gasteiger partial charge in [-0.2, -0.15) is 13.2 Å². The Hall–Kier alpha value is -2.45. The summed E-state index contributed by atoms with van der Waals surface area (Å²) in [5.41, 5.74) is 1.02. The molecule has 0 radical (unpaired) electrons. The van der Waals surface area contributed by atoms with Gasteiger partial charge in [-0.05, 0) is 54.4 Å². The number of rotatable bonds is 3. The molecule has 0 aliphatic heterocycles. The Labute approximate surface area is 155 Å². The predicted molar refractivity (Wildman–Crippen MR) is 94.5 cm³/mol. The van der Waals surface area contributed by atoms with Gasteiger partial charge < -0.3 is 5.32 Å². The molecular weight excluding hydrogens is 387 g/mol. The summed E-state index contributed by atoms with van der Waals surface area (Å²) in [7, 11) is 0. The van der Waals surface area contributed by atoms with Crippen LogP contribution in [0.1, 0.15) is 20.9 Å². The molecule has 1 aromatic heterocycles. The highest BCUT2D eigenvalue weighted by Gasteiger charge is 2.31. The molecule has 0 unspecified atom stereocenters. The summed E-state index contributed by atoms with van der Waals surface area (Å²) < 4.78 is 42.4. The van der Waals surface area contributed by atoms with Crippen LogP contribution in [0.2, 0.25) is 5.02 Å². The molecule has 0 aliphatic rings. The fraction of sp³-hybridized carbons (Fsp3) is 0.118. The van der Waals surface area contributed by atoms with E-state index in [-0.39, 0.29) is 16.5 Å². The van der Waals surface area contributed by atoms with Crippen molar-refractivity contribution in [2.75, 3.05) is 5.32 Å². The Morgan fingerprint density at radius 2 is 1.85 bits per heavy atom. The molecule has 3 rings (SSSR count). The summed E-state index contributed by atoms with van der Waals surface area (Å²) in [6, 6.07) is 9.52. The van der Waals surface area contributed by atoms with Crippen LogP contribution in [0.3, 0.4) is 0 Å². The van der Waals surface area contributed by atoms with Crippen molar-refractivity contribution >= 4 is 34.7 Å². The molecule has 134 valence electrons. The zero-order chi connectivity index (χ0) is 18.9. The molecule has 3 aromatic rings. The minimum atomic E-state index is -4.45. The van der Waals surface area contributed by atoms with Crippen LogP contribution in [-0.4, -0.2) is 15.5 Å². The molecule has 1 N–H and O–H groups in total. The van der Waals surface area contributed by atoms with Gasteiger partial charge in [-0.1, -0.05) is 28.2 Å². The van der Waals surface area contributed by atoms with E-state index in [2.05, 4.69) is 14.9 Å². The maximum Gasteiger partial charge on any atom is 0.416 e. The Morgan fingerprint density at radius 3 is 2.42 bits per heavy atom. The quantitative estimate of drug-likeness (QED) is 0.640. The number of halogens is 4. The monoisotopic (exact) mass is 397 g/mol. The minimum Gasteiger partial charge on any atom is -0.321 e. The first-order chi connectivity index (χ1) is 12.3. The number of anilines is 1. The fourth-order valence-corrected chi connectivity index (χ4v) is 3.06. The lowest BCUT2D eigenvalue weighted by molar-refractivity contribution is -0.137. The van der Waals surface area contributed by atoms with E-state index in [1.54, 1.807) is 31.2 Å². The molecule has 0 spiro atoms. The van der Waals surface area contributed by atoms with Gasteiger partial charge in [0.2, 0.25) is 0 Å². The van der Waals surface area contributed by atoms with Crippen molar-refractivity contribution in [1.82, 2.24) is 9.59 Å². The summed E-state index contributed by atoms with van der Waals surface area (Å²) >= 11 is 7.03. The first-order valence-electron chi connectivity index (χ1n) is 7.33. The molecule has 2 aromatic carbocycles. The second kappa shape index (κ2) is 7.05. The zero-order valence-electron chi connectivity index (χ0n) is 13.3. The minimum absolute atomic E-state index is 0.209. The number of benzene rings is 2. The number of aryl methyl sites for hydroxylation is 1. The van der Waals surface area contributed by atoms with Crippen molar-refractivity contribution in [3.05, 3.63) is 63.6 Å². The third-order valence-electron chi connectivity index (χ3n) is 3.61. The molecule has 26 heavy (non-hydrogen) atoms. The Kier molecular flexibility index (Phi) is 4.97. The SMILES string of the molecule is Cc1nnsc1C(=O)Nc1ccc(-c2cc(C(F)(F)F)ccc2Cl)cc1. The highest BCUT2D eigenvalue weighted by atomic mass is 35.5. The van der Waals surface area contributed by atoms with Gasteiger partial charge in [-0.15, -0.1) is 5.10 Å². The maximum atomic E-state index is 12.9. The number of aromatic nitrogens is 2. The van der Waals surface area contributed by atoms with E-state index in [0.717, 1.165) is 23.7 Å². The van der Waals surface area contributed by atoms with Crippen molar-refractivity contribution in [3.8, 4) is 11.1 Å². The Bertz CT molecular complexity index is 955. The van der Waals surface area contributed by atoms with Crippen molar-refractivity contribution in [2.45, 2.75) is 13.1 Å². The number of carbonyl (C=O) groups is 1. The van der Waals surface area contributed by atoms with Crippen molar-refractivity contribution in [1.29, 1.82) is 0 Å². The van der Waals surface area contributed by atoms with Crippen LogP contribution in [-0.2, 0) is 6.18 Å². The van der Waals surface area contributed by atoms with Crippen molar-refractivity contribution < 1.29 is 18.0 Å². The van der Waals surface area contributed by atoms with Crippen LogP contribution >= 0.6 is 23.1 Å². The molecule has 4 nitrogen and oxygen atoms in total. The molecule has 0 fully saturated rings. The van der Waals surface area contributed by atoms with Crippen molar-refractivity contribution in [2.24, 2.45) is 0 Å². The van der Waals surface area contributed by atoms with Gasteiger partial charge in [0.15, 0.2) is 0 Å². The lowest BCUT2D eigenvalue weighted by Gasteiger charge is -2.11. The van der Waals surface area contributed by atoms with E-state index >= 15 is 0 Å². The average molecular weight is 398 g/mol. The molecular formula is C17H11ClF3N3OS. The van der Waals surface area contributed by atoms with Gasteiger partial charge in [0.25, 0.3) is 5.91 Å². The summed E-state index contributed by atoms with van der Waals surface area (Å²) in [4.78, 5) is 12.5. The number of alkyl halides is 3. The smallest absolute Gasteiger partial charge is 0.321 e. The lowest BCUT2D eigenvalue weighted by Crippen LogP contribution is -2.11. The van der Waals surface area contributed by atoms with E-state index in [1.165, 1.54) is 6.07 Å². The molecule has 0 aliphatic carbocycles. The molecule has 9 heteroatoms. The topological polar surface area (TPSA) is 54.9 Å². The Morgan fingerprint density at radius 1 is 1.15 bits per heavy atom. The highest BCUT2D eigenvalue weighted by Crippen LogP contribution is 2.36. The second-order valence-electron chi connectivity index (χ2n) is 5.41. The molecule has 1 amide bonds. The molecule has 1 heterocycles. The molecule has 0 saturated carbocycles. The van der Waals surface area contributed by atoms with Gasteiger partial charge in [0, 0.05) is 16.3 Å². The van der Waals surface area contributed by atoms with Gasteiger partial charge in [0.1, 0.15) is 4.88 Å². The normalized spacial score (nSPS) is 11.4. The van der Waals surface area contributed by atoms with Gasteiger partial charge in [0.05, 0.1) is 11.3 Å². The third kappa shape index (κ3) is 3.86. The maximum absolute atomic E-state index is 12.9. The molecule has 0 saturated heterocycles.